The van der Waals surface area contributed by atoms with Crippen LogP contribution in [0.25, 0.3) is 0 Å². The lowest BCUT2D eigenvalue weighted by Gasteiger charge is -2.33. The van der Waals surface area contributed by atoms with Crippen LogP contribution in [0.2, 0.25) is 0 Å². The van der Waals surface area contributed by atoms with Crippen molar-refractivity contribution in [2.75, 3.05) is 24.6 Å². The number of carboxylic acid groups (broad SMARTS) is 1. The minimum Gasteiger partial charge on any atom is -0.480 e. The lowest BCUT2D eigenvalue weighted by atomic mass is 10.0. The Labute approximate surface area is 118 Å². The number of ether oxygens (including phenoxy) is 1. The number of aliphatic carboxylic acids is 1. The summed E-state index contributed by atoms with van der Waals surface area (Å²) in [6.45, 7) is 3.29. The van der Waals surface area contributed by atoms with Gasteiger partial charge in [0.2, 0.25) is 0 Å². The van der Waals surface area contributed by atoms with Crippen LogP contribution < -0.4 is 4.90 Å². The minimum absolute atomic E-state index is 0.00154. The van der Waals surface area contributed by atoms with Crippen LogP contribution in [0.5, 0.6) is 0 Å². The van der Waals surface area contributed by atoms with Crippen molar-refractivity contribution in [3.05, 3.63) is 29.3 Å². The minimum atomic E-state index is -0.933. The van der Waals surface area contributed by atoms with E-state index in [1.165, 1.54) is 0 Å². The SMILES string of the molecule is Cc1ccc(N2CCC(OCC(=O)O)CC2)c(C#N)c1. The number of nitriles is 1. The molecule has 1 aromatic rings. The molecule has 1 heterocycles. The zero-order valence-corrected chi connectivity index (χ0v) is 11.5. The largest absolute Gasteiger partial charge is 0.480 e. The summed E-state index contributed by atoms with van der Waals surface area (Å²) in [6, 6.07) is 8.11. The van der Waals surface area contributed by atoms with Crippen molar-refractivity contribution < 1.29 is 14.6 Å². The fourth-order valence-corrected chi connectivity index (χ4v) is 2.47. The van der Waals surface area contributed by atoms with Crippen molar-refractivity contribution in [1.29, 1.82) is 5.26 Å². The molecule has 0 aromatic heterocycles. The number of carboxylic acids is 1. The molecule has 1 aliphatic rings. The molecule has 2 rings (SSSR count). The highest BCUT2D eigenvalue weighted by Gasteiger charge is 2.22. The highest BCUT2D eigenvalue weighted by molar-refractivity contribution is 5.68. The number of rotatable bonds is 4. The summed E-state index contributed by atoms with van der Waals surface area (Å²) in [5.41, 5.74) is 2.72. The van der Waals surface area contributed by atoms with E-state index in [0.717, 1.165) is 37.2 Å². The first-order valence-corrected chi connectivity index (χ1v) is 6.69. The molecule has 1 saturated heterocycles. The van der Waals surface area contributed by atoms with Crippen LogP contribution in [0.3, 0.4) is 0 Å². The highest BCUT2D eigenvalue weighted by atomic mass is 16.5. The van der Waals surface area contributed by atoms with E-state index in [0.29, 0.717) is 5.56 Å². The molecule has 20 heavy (non-hydrogen) atoms. The molecule has 0 saturated carbocycles. The summed E-state index contributed by atoms with van der Waals surface area (Å²) in [7, 11) is 0. The fraction of sp³-hybridized carbons (Fsp3) is 0.467. The van der Waals surface area contributed by atoms with E-state index in [1.54, 1.807) is 0 Å². The third kappa shape index (κ3) is 3.49. The van der Waals surface area contributed by atoms with Gasteiger partial charge in [0.15, 0.2) is 0 Å². The second-order valence-corrected chi connectivity index (χ2v) is 5.02. The Hall–Kier alpha value is -2.06. The quantitative estimate of drug-likeness (QED) is 0.908. The Kier molecular flexibility index (Phi) is 4.59. The predicted octanol–water partition coefficient (Wildman–Crippen LogP) is 1.94. The number of piperidine rings is 1. The van der Waals surface area contributed by atoms with Crippen LogP contribution in [0, 0.1) is 18.3 Å². The van der Waals surface area contributed by atoms with Crippen LogP contribution in [0.4, 0.5) is 5.69 Å². The van der Waals surface area contributed by atoms with E-state index < -0.39 is 5.97 Å². The van der Waals surface area contributed by atoms with Gasteiger partial charge >= 0.3 is 5.97 Å². The zero-order valence-electron chi connectivity index (χ0n) is 11.5. The average Bonchev–Trinajstić information content (AvgIpc) is 2.45. The molecule has 0 atom stereocenters. The summed E-state index contributed by atoms with van der Waals surface area (Å²) >= 11 is 0. The first-order chi connectivity index (χ1) is 9.60. The van der Waals surface area contributed by atoms with E-state index >= 15 is 0 Å². The molecule has 1 fully saturated rings. The van der Waals surface area contributed by atoms with Crippen LogP contribution in [0.1, 0.15) is 24.0 Å². The van der Waals surface area contributed by atoms with Crippen LogP contribution >= 0.6 is 0 Å². The van der Waals surface area contributed by atoms with Crippen LogP contribution in [-0.2, 0) is 9.53 Å². The van der Waals surface area contributed by atoms with Crippen molar-refractivity contribution in [2.24, 2.45) is 0 Å². The Bertz CT molecular complexity index is 528. The maximum atomic E-state index is 10.5. The van der Waals surface area contributed by atoms with Crippen molar-refractivity contribution in [3.8, 4) is 6.07 Å². The summed E-state index contributed by atoms with van der Waals surface area (Å²) < 4.78 is 5.31. The van der Waals surface area contributed by atoms with Crippen LogP contribution in [0.15, 0.2) is 18.2 Å². The first-order valence-electron chi connectivity index (χ1n) is 6.69. The first kappa shape index (κ1) is 14.4. The van der Waals surface area contributed by atoms with E-state index in [2.05, 4.69) is 11.0 Å². The Morgan fingerprint density at radius 2 is 2.20 bits per heavy atom. The molecule has 106 valence electrons. The molecule has 1 N–H and O–H groups in total. The van der Waals surface area contributed by atoms with Gasteiger partial charge in [-0.15, -0.1) is 0 Å². The van der Waals surface area contributed by atoms with Crippen molar-refractivity contribution in [3.63, 3.8) is 0 Å². The second kappa shape index (κ2) is 6.40. The maximum Gasteiger partial charge on any atom is 0.329 e. The third-order valence-electron chi connectivity index (χ3n) is 3.50. The summed E-state index contributed by atoms with van der Waals surface area (Å²) in [5, 5.41) is 17.8. The number of carbonyl (C=O) groups is 1. The number of nitrogens with zero attached hydrogens (tertiary/aromatic N) is 2. The summed E-state index contributed by atoms with van der Waals surface area (Å²) in [5.74, 6) is -0.933. The summed E-state index contributed by atoms with van der Waals surface area (Å²) in [4.78, 5) is 12.6. The van der Waals surface area contributed by atoms with Gasteiger partial charge in [0.05, 0.1) is 17.4 Å². The van der Waals surface area contributed by atoms with Gasteiger partial charge in [-0.05, 0) is 37.5 Å². The van der Waals surface area contributed by atoms with Gasteiger partial charge in [-0.1, -0.05) is 6.07 Å². The van der Waals surface area contributed by atoms with Crippen molar-refractivity contribution in [1.82, 2.24) is 0 Å². The lowest BCUT2D eigenvalue weighted by Crippen LogP contribution is -2.38. The molecule has 0 unspecified atom stereocenters. The number of aryl methyl sites for hydroxylation is 1. The van der Waals surface area contributed by atoms with E-state index in [9.17, 15) is 10.1 Å². The average molecular weight is 274 g/mol. The molecule has 0 spiro atoms. The van der Waals surface area contributed by atoms with E-state index in [-0.39, 0.29) is 12.7 Å². The Morgan fingerprint density at radius 3 is 2.80 bits per heavy atom. The van der Waals surface area contributed by atoms with Crippen LogP contribution in [-0.4, -0.2) is 36.9 Å². The number of anilines is 1. The van der Waals surface area contributed by atoms with Gasteiger partial charge in [-0.2, -0.15) is 5.26 Å². The topological polar surface area (TPSA) is 73.6 Å². The van der Waals surface area contributed by atoms with Gasteiger partial charge in [0, 0.05) is 13.1 Å². The van der Waals surface area contributed by atoms with Crippen molar-refractivity contribution >= 4 is 11.7 Å². The number of benzene rings is 1. The molecule has 0 amide bonds. The highest BCUT2D eigenvalue weighted by Crippen LogP contribution is 2.25. The summed E-state index contributed by atoms with van der Waals surface area (Å²) in [6.07, 6.45) is 1.57. The molecule has 5 heteroatoms. The molecule has 1 aromatic carbocycles. The third-order valence-corrected chi connectivity index (χ3v) is 3.50. The monoisotopic (exact) mass is 274 g/mol. The molecular weight excluding hydrogens is 256 g/mol. The molecular formula is C15H18N2O3. The van der Waals surface area contributed by atoms with Gasteiger partial charge in [0.1, 0.15) is 12.7 Å². The maximum absolute atomic E-state index is 10.5. The lowest BCUT2D eigenvalue weighted by molar-refractivity contribution is -0.144. The number of hydrogen-bond acceptors (Lipinski definition) is 4. The molecule has 5 nitrogen and oxygen atoms in total. The molecule has 0 aliphatic carbocycles. The normalized spacial score (nSPS) is 15.9. The Morgan fingerprint density at radius 1 is 1.50 bits per heavy atom. The van der Waals surface area contributed by atoms with E-state index in [1.807, 2.05) is 25.1 Å². The second-order valence-electron chi connectivity index (χ2n) is 5.02. The van der Waals surface area contributed by atoms with Crippen molar-refractivity contribution in [2.45, 2.75) is 25.9 Å². The molecule has 0 radical (unpaired) electrons. The Balaban J connectivity index is 1.97. The molecule has 1 aliphatic heterocycles. The zero-order chi connectivity index (χ0) is 14.5. The van der Waals surface area contributed by atoms with E-state index in [4.69, 9.17) is 9.84 Å². The van der Waals surface area contributed by atoms with Gasteiger partial charge < -0.3 is 14.7 Å². The number of hydrogen-bond donors (Lipinski definition) is 1. The molecule has 0 bridgehead atoms. The smallest absolute Gasteiger partial charge is 0.329 e. The van der Waals surface area contributed by atoms with Gasteiger partial charge in [-0.3, -0.25) is 0 Å². The van der Waals surface area contributed by atoms with Gasteiger partial charge in [0.25, 0.3) is 0 Å². The fourth-order valence-electron chi connectivity index (χ4n) is 2.47. The predicted molar refractivity (Wildman–Crippen MR) is 74.7 cm³/mol. The standard InChI is InChI=1S/C15H18N2O3/c1-11-2-3-14(12(8-11)9-16)17-6-4-13(5-7-17)20-10-15(18)19/h2-3,8,13H,4-7,10H2,1H3,(H,18,19). The van der Waals surface area contributed by atoms with Gasteiger partial charge in [-0.25, -0.2) is 4.79 Å².